The number of benzene rings is 1. The van der Waals surface area contributed by atoms with Gasteiger partial charge in [0.25, 0.3) is 0 Å². The number of sulfonamides is 1. The summed E-state index contributed by atoms with van der Waals surface area (Å²) in [5.74, 6) is 0.164. The van der Waals surface area contributed by atoms with Crippen molar-refractivity contribution in [1.82, 2.24) is 4.31 Å². The van der Waals surface area contributed by atoms with Crippen molar-refractivity contribution in [3.63, 3.8) is 0 Å². The third-order valence-electron chi connectivity index (χ3n) is 3.89. The molecule has 1 aliphatic heterocycles. The summed E-state index contributed by atoms with van der Waals surface area (Å²) in [6.07, 6.45) is 1.84. The number of halogens is 2. The van der Waals surface area contributed by atoms with E-state index in [2.05, 4.69) is 0 Å². The van der Waals surface area contributed by atoms with E-state index in [0.717, 1.165) is 12.8 Å². The van der Waals surface area contributed by atoms with Crippen LogP contribution in [0.5, 0.6) is 0 Å². The molecule has 118 valence electrons. The van der Waals surface area contributed by atoms with Gasteiger partial charge in [0.2, 0.25) is 10.0 Å². The molecule has 0 aliphatic carbocycles. The molecule has 7 heteroatoms. The van der Waals surface area contributed by atoms with Gasteiger partial charge >= 0.3 is 0 Å². The highest BCUT2D eigenvalue weighted by molar-refractivity contribution is 7.88. The molecule has 0 saturated carbocycles. The zero-order valence-corrected chi connectivity index (χ0v) is 14.3. The molecule has 0 amide bonds. The third kappa shape index (κ3) is 4.33. The molecule has 1 heterocycles. The van der Waals surface area contributed by atoms with Crippen LogP contribution in [0, 0.1) is 5.92 Å². The second-order valence-electron chi connectivity index (χ2n) is 5.62. The van der Waals surface area contributed by atoms with Gasteiger partial charge in [-0.15, -0.1) is 0 Å². The first-order valence-corrected chi connectivity index (χ1v) is 9.33. The summed E-state index contributed by atoms with van der Waals surface area (Å²) in [5, 5.41) is 0.796. The predicted molar refractivity (Wildman–Crippen MR) is 87.0 cm³/mol. The highest BCUT2D eigenvalue weighted by atomic mass is 35.5. The van der Waals surface area contributed by atoms with Gasteiger partial charge in [0, 0.05) is 19.1 Å². The fourth-order valence-electron chi connectivity index (χ4n) is 2.59. The number of nitrogens with two attached hydrogens (primary N) is 1. The van der Waals surface area contributed by atoms with Crippen molar-refractivity contribution in [2.75, 3.05) is 13.1 Å². The standard InChI is InChI=1S/C14H20Cl2N2O2S/c1-10(17)12-3-2-6-18(8-12)21(19,20)9-11-4-5-13(15)14(16)7-11/h4-5,7,10,12H,2-3,6,8-9,17H2,1H3/t10-,12+/m1/s1. The summed E-state index contributed by atoms with van der Waals surface area (Å²) in [6.45, 7) is 2.99. The van der Waals surface area contributed by atoms with Gasteiger partial charge in [0.15, 0.2) is 0 Å². The first-order chi connectivity index (χ1) is 9.79. The van der Waals surface area contributed by atoms with E-state index in [1.54, 1.807) is 22.5 Å². The maximum absolute atomic E-state index is 12.5. The second kappa shape index (κ2) is 6.84. The van der Waals surface area contributed by atoms with E-state index in [9.17, 15) is 8.42 Å². The molecule has 0 radical (unpaired) electrons. The Morgan fingerprint density at radius 3 is 2.71 bits per heavy atom. The summed E-state index contributed by atoms with van der Waals surface area (Å²) >= 11 is 11.8. The van der Waals surface area contributed by atoms with Crippen LogP contribution in [0.25, 0.3) is 0 Å². The van der Waals surface area contributed by atoms with Crippen molar-refractivity contribution in [2.45, 2.75) is 31.6 Å². The van der Waals surface area contributed by atoms with Crippen LogP contribution in [-0.4, -0.2) is 31.9 Å². The van der Waals surface area contributed by atoms with Gasteiger partial charge in [-0.25, -0.2) is 12.7 Å². The van der Waals surface area contributed by atoms with Crippen molar-refractivity contribution < 1.29 is 8.42 Å². The first kappa shape index (κ1) is 17.0. The lowest BCUT2D eigenvalue weighted by molar-refractivity contribution is 0.243. The number of hydrogen-bond donors (Lipinski definition) is 1. The summed E-state index contributed by atoms with van der Waals surface area (Å²) in [4.78, 5) is 0. The van der Waals surface area contributed by atoms with Gasteiger partial charge in [-0.1, -0.05) is 29.3 Å². The van der Waals surface area contributed by atoms with E-state index in [-0.39, 0.29) is 17.7 Å². The smallest absolute Gasteiger partial charge is 0.218 e. The Hall–Kier alpha value is -0.330. The van der Waals surface area contributed by atoms with Crippen LogP contribution in [0.1, 0.15) is 25.3 Å². The average molecular weight is 351 g/mol. The van der Waals surface area contributed by atoms with Gasteiger partial charge < -0.3 is 5.73 Å². The zero-order valence-electron chi connectivity index (χ0n) is 11.9. The van der Waals surface area contributed by atoms with Crippen molar-refractivity contribution >= 4 is 33.2 Å². The molecular weight excluding hydrogens is 331 g/mol. The van der Waals surface area contributed by atoms with E-state index < -0.39 is 10.0 Å². The second-order valence-corrected chi connectivity index (χ2v) is 8.41. The SMILES string of the molecule is C[C@@H](N)[C@H]1CCCN(S(=O)(=O)Cc2ccc(Cl)c(Cl)c2)C1. The fraction of sp³-hybridized carbons (Fsp3) is 0.571. The minimum absolute atomic E-state index is 0.00739. The van der Waals surface area contributed by atoms with E-state index >= 15 is 0 Å². The van der Waals surface area contributed by atoms with E-state index in [0.29, 0.717) is 28.7 Å². The van der Waals surface area contributed by atoms with Gasteiger partial charge in [-0.05, 0) is 43.4 Å². The average Bonchev–Trinajstić information content (AvgIpc) is 2.43. The molecule has 1 fully saturated rings. The molecule has 0 aromatic heterocycles. The molecule has 1 saturated heterocycles. The molecule has 2 atom stereocenters. The lowest BCUT2D eigenvalue weighted by atomic mass is 9.93. The predicted octanol–water partition coefficient (Wildman–Crippen LogP) is 2.88. The van der Waals surface area contributed by atoms with Crippen molar-refractivity contribution in [3.8, 4) is 0 Å². The Bertz CT molecular complexity index is 605. The lowest BCUT2D eigenvalue weighted by Crippen LogP contribution is -2.45. The Labute approximate surface area is 136 Å². The van der Waals surface area contributed by atoms with Crippen LogP contribution in [0.4, 0.5) is 0 Å². The third-order valence-corrected chi connectivity index (χ3v) is 6.45. The molecule has 1 aromatic rings. The van der Waals surface area contributed by atoms with Crippen LogP contribution in [-0.2, 0) is 15.8 Å². The maximum atomic E-state index is 12.5. The largest absolute Gasteiger partial charge is 0.328 e. The summed E-state index contributed by atoms with van der Waals surface area (Å²) in [7, 11) is -3.36. The van der Waals surface area contributed by atoms with Crippen LogP contribution < -0.4 is 5.73 Å². The number of hydrogen-bond acceptors (Lipinski definition) is 3. The van der Waals surface area contributed by atoms with Gasteiger partial charge in [0.1, 0.15) is 0 Å². The Balaban J connectivity index is 2.12. The Kier molecular flexibility index (Phi) is 5.54. The molecule has 1 aromatic carbocycles. The Morgan fingerprint density at radius 1 is 1.38 bits per heavy atom. The number of piperidine rings is 1. The van der Waals surface area contributed by atoms with Crippen molar-refractivity contribution in [3.05, 3.63) is 33.8 Å². The maximum Gasteiger partial charge on any atom is 0.218 e. The number of rotatable bonds is 4. The normalized spacial score (nSPS) is 22.2. The number of nitrogens with zero attached hydrogens (tertiary/aromatic N) is 1. The van der Waals surface area contributed by atoms with Crippen LogP contribution in [0.2, 0.25) is 10.0 Å². The minimum Gasteiger partial charge on any atom is -0.328 e. The molecule has 2 N–H and O–H groups in total. The van der Waals surface area contributed by atoms with Crippen LogP contribution in [0.15, 0.2) is 18.2 Å². The minimum atomic E-state index is -3.36. The van der Waals surface area contributed by atoms with Gasteiger partial charge in [-0.3, -0.25) is 0 Å². The molecule has 0 unspecified atom stereocenters. The highest BCUT2D eigenvalue weighted by Crippen LogP contribution is 2.26. The topological polar surface area (TPSA) is 63.4 Å². The molecule has 0 bridgehead atoms. The zero-order chi connectivity index (χ0) is 15.6. The van der Waals surface area contributed by atoms with E-state index in [1.807, 2.05) is 6.92 Å². The van der Waals surface area contributed by atoms with Crippen molar-refractivity contribution in [1.29, 1.82) is 0 Å². The summed E-state index contributed by atoms with van der Waals surface area (Å²) < 4.78 is 26.6. The molecule has 21 heavy (non-hydrogen) atoms. The van der Waals surface area contributed by atoms with Crippen LogP contribution in [0.3, 0.4) is 0 Å². The monoisotopic (exact) mass is 350 g/mol. The molecule has 4 nitrogen and oxygen atoms in total. The van der Waals surface area contributed by atoms with E-state index in [4.69, 9.17) is 28.9 Å². The summed E-state index contributed by atoms with van der Waals surface area (Å²) in [6, 6.07) is 4.93. The van der Waals surface area contributed by atoms with Crippen molar-refractivity contribution in [2.24, 2.45) is 11.7 Å². The fourth-order valence-corrected chi connectivity index (χ4v) is 4.52. The molecule has 0 spiro atoms. The molecule has 1 aliphatic rings. The van der Waals surface area contributed by atoms with Crippen LogP contribution >= 0.6 is 23.2 Å². The quantitative estimate of drug-likeness (QED) is 0.907. The summed E-state index contributed by atoms with van der Waals surface area (Å²) in [5.41, 5.74) is 6.55. The van der Waals surface area contributed by atoms with Gasteiger partial charge in [0.05, 0.1) is 15.8 Å². The highest BCUT2D eigenvalue weighted by Gasteiger charge is 2.30. The van der Waals surface area contributed by atoms with Gasteiger partial charge in [-0.2, -0.15) is 0 Å². The first-order valence-electron chi connectivity index (χ1n) is 6.97. The Morgan fingerprint density at radius 2 is 2.10 bits per heavy atom. The molecule has 2 rings (SSSR count). The molecular formula is C14H20Cl2N2O2S. The van der Waals surface area contributed by atoms with E-state index in [1.165, 1.54) is 0 Å². The lowest BCUT2D eigenvalue weighted by Gasteiger charge is -2.33.